The number of benzene rings is 1. The Morgan fingerprint density at radius 1 is 1.24 bits per heavy atom. The Labute approximate surface area is 136 Å². The maximum atomic E-state index is 5.91. The fourth-order valence-corrected chi connectivity index (χ4v) is 3.48. The quantitative estimate of drug-likeness (QED) is 0.742. The van der Waals surface area contributed by atoms with Crippen LogP contribution >= 0.6 is 27.3 Å². The molecule has 2 aromatic heterocycles. The molecule has 2 N–H and O–H groups in total. The number of halogens is 1. The first-order valence-corrected chi connectivity index (χ1v) is 8.53. The summed E-state index contributed by atoms with van der Waals surface area (Å²) in [4.78, 5) is 9.41. The topological polar surface area (TPSA) is 56.7 Å². The van der Waals surface area contributed by atoms with Gasteiger partial charge in [-0.3, -0.25) is 0 Å². The SMILES string of the molecule is CC(N)c1nc(-c2nc3cc(Br)ccc3n2C(C)C)cs1. The smallest absolute Gasteiger partial charge is 0.160 e. The second-order valence-corrected chi connectivity index (χ2v) is 7.20. The van der Waals surface area contributed by atoms with Gasteiger partial charge in [0.2, 0.25) is 0 Å². The highest BCUT2D eigenvalue weighted by atomic mass is 79.9. The zero-order valence-electron chi connectivity index (χ0n) is 12.2. The lowest BCUT2D eigenvalue weighted by Crippen LogP contribution is -2.05. The van der Waals surface area contributed by atoms with E-state index in [4.69, 9.17) is 10.7 Å². The molecule has 1 unspecified atom stereocenters. The molecule has 0 bridgehead atoms. The van der Waals surface area contributed by atoms with Crippen LogP contribution in [0.3, 0.4) is 0 Å². The highest BCUT2D eigenvalue weighted by Crippen LogP contribution is 2.31. The van der Waals surface area contributed by atoms with Gasteiger partial charge in [0.1, 0.15) is 10.7 Å². The highest BCUT2D eigenvalue weighted by molar-refractivity contribution is 9.10. The van der Waals surface area contributed by atoms with E-state index in [0.29, 0.717) is 6.04 Å². The molecule has 1 aromatic carbocycles. The van der Waals surface area contributed by atoms with Crippen LogP contribution in [0.15, 0.2) is 28.1 Å². The van der Waals surface area contributed by atoms with Crippen molar-refractivity contribution in [2.24, 2.45) is 5.73 Å². The van der Waals surface area contributed by atoms with Crippen LogP contribution in [0.1, 0.15) is 37.9 Å². The van der Waals surface area contributed by atoms with Gasteiger partial charge in [0.15, 0.2) is 5.82 Å². The largest absolute Gasteiger partial charge is 0.322 e. The highest BCUT2D eigenvalue weighted by Gasteiger charge is 2.18. The molecule has 4 nitrogen and oxygen atoms in total. The maximum Gasteiger partial charge on any atom is 0.160 e. The predicted octanol–water partition coefficient (Wildman–Crippen LogP) is 4.52. The summed E-state index contributed by atoms with van der Waals surface area (Å²) in [6.45, 7) is 6.27. The molecule has 3 aromatic rings. The molecule has 2 heterocycles. The summed E-state index contributed by atoms with van der Waals surface area (Å²) in [5, 5.41) is 2.97. The average Bonchev–Trinajstić information content (AvgIpc) is 3.01. The lowest BCUT2D eigenvalue weighted by molar-refractivity contribution is 0.623. The van der Waals surface area contributed by atoms with E-state index in [9.17, 15) is 0 Å². The fourth-order valence-electron chi connectivity index (χ4n) is 2.37. The van der Waals surface area contributed by atoms with Gasteiger partial charge in [0, 0.05) is 15.9 Å². The summed E-state index contributed by atoms with van der Waals surface area (Å²) in [5.41, 5.74) is 8.91. The fraction of sp³-hybridized carbons (Fsp3) is 0.333. The lowest BCUT2D eigenvalue weighted by atomic mass is 10.3. The minimum Gasteiger partial charge on any atom is -0.322 e. The van der Waals surface area contributed by atoms with Crippen molar-refractivity contribution in [1.29, 1.82) is 0 Å². The summed E-state index contributed by atoms with van der Waals surface area (Å²) >= 11 is 5.09. The Bertz CT molecular complexity index is 788. The molecule has 6 heteroatoms. The Morgan fingerprint density at radius 2 is 2.00 bits per heavy atom. The van der Waals surface area contributed by atoms with E-state index < -0.39 is 0 Å². The van der Waals surface area contributed by atoms with E-state index in [1.807, 2.05) is 24.4 Å². The summed E-state index contributed by atoms with van der Waals surface area (Å²) < 4.78 is 3.26. The van der Waals surface area contributed by atoms with Crippen molar-refractivity contribution < 1.29 is 0 Å². The molecular formula is C15H17BrN4S. The van der Waals surface area contributed by atoms with Crippen LogP contribution in [0.2, 0.25) is 0 Å². The molecule has 0 radical (unpaired) electrons. The van der Waals surface area contributed by atoms with Crippen LogP contribution in [-0.4, -0.2) is 14.5 Å². The number of fused-ring (bicyclic) bond motifs is 1. The normalized spacial score (nSPS) is 13.2. The van der Waals surface area contributed by atoms with Gasteiger partial charge < -0.3 is 10.3 Å². The molecule has 0 saturated carbocycles. The van der Waals surface area contributed by atoms with Crippen LogP contribution in [0.4, 0.5) is 0 Å². The molecule has 21 heavy (non-hydrogen) atoms. The molecular weight excluding hydrogens is 348 g/mol. The molecule has 0 aliphatic rings. The van der Waals surface area contributed by atoms with Crippen molar-refractivity contribution in [3.8, 4) is 11.5 Å². The zero-order chi connectivity index (χ0) is 15.1. The third kappa shape index (κ3) is 2.63. The zero-order valence-corrected chi connectivity index (χ0v) is 14.6. The molecule has 1 atom stereocenters. The third-order valence-electron chi connectivity index (χ3n) is 3.31. The van der Waals surface area contributed by atoms with Gasteiger partial charge in [-0.15, -0.1) is 11.3 Å². The summed E-state index contributed by atoms with van der Waals surface area (Å²) in [5.74, 6) is 0.904. The van der Waals surface area contributed by atoms with E-state index in [-0.39, 0.29) is 6.04 Å². The maximum absolute atomic E-state index is 5.91. The van der Waals surface area contributed by atoms with Crippen LogP contribution in [0.5, 0.6) is 0 Å². The molecule has 0 aliphatic heterocycles. The molecule has 0 fully saturated rings. The van der Waals surface area contributed by atoms with E-state index in [1.54, 1.807) is 11.3 Å². The Hall–Kier alpha value is -1.24. The van der Waals surface area contributed by atoms with Crippen LogP contribution in [0, 0.1) is 0 Å². The predicted molar refractivity (Wildman–Crippen MR) is 91.5 cm³/mol. The minimum atomic E-state index is -0.0465. The van der Waals surface area contributed by atoms with E-state index in [1.165, 1.54) is 0 Å². The molecule has 110 valence electrons. The lowest BCUT2D eigenvalue weighted by Gasteiger charge is -2.11. The average molecular weight is 365 g/mol. The van der Waals surface area contributed by atoms with Gasteiger partial charge in [-0.05, 0) is 39.0 Å². The number of hydrogen-bond acceptors (Lipinski definition) is 4. The summed E-state index contributed by atoms with van der Waals surface area (Å²) in [7, 11) is 0. The van der Waals surface area contributed by atoms with Crippen molar-refractivity contribution in [3.05, 3.63) is 33.1 Å². The second kappa shape index (κ2) is 5.51. The number of nitrogens with zero attached hydrogens (tertiary/aromatic N) is 3. The Morgan fingerprint density at radius 3 is 2.62 bits per heavy atom. The number of nitrogens with two attached hydrogens (primary N) is 1. The summed E-state index contributed by atoms with van der Waals surface area (Å²) in [6, 6.07) is 6.44. The third-order valence-corrected chi connectivity index (χ3v) is 4.85. The van der Waals surface area contributed by atoms with E-state index in [0.717, 1.165) is 32.0 Å². The van der Waals surface area contributed by atoms with Gasteiger partial charge in [0.25, 0.3) is 0 Å². The Balaban J connectivity index is 2.22. The molecule has 0 aliphatic carbocycles. The van der Waals surface area contributed by atoms with Crippen molar-refractivity contribution in [1.82, 2.24) is 14.5 Å². The second-order valence-electron chi connectivity index (χ2n) is 5.39. The van der Waals surface area contributed by atoms with Crippen molar-refractivity contribution in [3.63, 3.8) is 0 Å². The van der Waals surface area contributed by atoms with Crippen LogP contribution < -0.4 is 5.73 Å². The monoisotopic (exact) mass is 364 g/mol. The molecule has 3 rings (SSSR count). The van der Waals surface area contributed by atoms with E-state index >= 15 is 0 Å². The van der Waals surface area contributed by atoms with E-state index in [2.05, 4.69) is 45.4 Å². The number of imidazole rings is 1. The van der Waals surface area contributed by atoms with Gasteiger partial charge in [-0.2, -0.15) is 0 Å². The number of aromatic nitrogens is 3. The van der Waals surface area contributed by atoms with Crippen molar-refractivity contribution in [2.75, 3.05) is 0 Å². The number of rotatable bonds is 3. The first-order chi connectivity index (χ1) is 9.97. The van der Waals surface area contributed by atoms with Crippen LogP contribution in [0.25, 0.3) is 22.6 Å². The first kappa shape index (κ1) is 14.7. The minimum absolute atomic E-state index is 0.0465. The molecule has 0 amide bonds. The van der Waals surface area contributed by atoms with Gasteiger partial charge in [-0.1, -0.05) is 15.9 Å². The standard InChI is InChI=1S/C15H17BrN4S/c1-8(2)20-13-5-4-10(16)6-11(13)18-14(20)12-7-21-15(19-12)9(3)17/h4-9H,17H2,1-3H3. The van der Waals surface area contributed by atoms with Crippen LogP contribution in [-0.2, 0) is 0 Å². The first-order valence-electron chi connectivity index (χ1n) is 6.86. The number of hydrogen-bond donors (Lipinski definition) is 1. The van der Waals surface area contributed by atoms with Gasteiger partial charge in [-0.25, -0.2) is 9.97 Å². The number of thiazole rings is 1. The van der Waals surface area contributed by atoms with Gasteiger partial charge in [0.05, 0.1) is 17.1 Å². The van der Waals surface area contributed by atoms with Crippen molar-refractivity contribution >= 4 is 38.3 Å². The molecule has 0 saturated heterocycles. The molecule has 0 spiro atoms. The summed E-state index contributed by atoms with van der Waals surface area (Å²) in [6.07, 6.45) is 0. The van der Waals surface area contributed by atoms with Crippen molar-refractivity contribution in [2.45, 2.75) is 32.9 Å². The van der Waals surface area contributed by atoms with Gasteiger partial charge >= 0.3 is 0 Å². The Kier molecular flexibility index (Phi) is 3.86.